The summed E-state index contributed by atoms with van der Waals surface area (Å²) in [5.41, 5.74) is 1.27. The summed E-state index contributed by atoms with van der Waals surface area (Å²) in [5.74, 6) is -3.12. The van der Waals surface area contributed by atoms with Gasteiger partial charge in [0.1, 0.15) is 5.70 Å². The molecule has 0 aromatic heterocycles. The van der Waals surface area contributed by atoms with Crippen LogP contribution in [0.25, 0.3) is 0 Å². The number of aliphatic hydroxyl groups is 1. The first-order chi connectivity index (χ1) is 15.0. The lowest BCUT2D eigenvalue weighted by Gasteiger charge is -2.46. The number of aliphatic carboxylic acids is 1. The Morgan fingerprint density at radius 3 is 2.53 bits per heavy atom. The van der Waals surface area contributed by atoms with Crippen LogP contribution in [0, 0.1) is 11.8 Å². The Labute approximate surface area is 185 Å². The number of likely N-dealkylation sites (N-methyl/N-ethyl adjacent to an activating group) is 1. The normalized spacial score (nSPS) is 23.2. The third-order valence-electron chi connectivity index (χ3n) is 6.15. The molecule has 3 rings (SSSR count). The number of hydrogen-bond acceptors (Lipinski definition) is 7. The van der Waals surface area contributed by atoms with Gasteiger partial charge in [-0.3, -0.25) is 14.5 Å². The van der Waals surface area contributed by atoms with E-state index in [1.165, 1.54) is 24.0 Å². The van der Waals surface area contributed by atoms with Gasteiger partial charge < -0.3 is 30.6 Å². The summed E-state index contributed by atoms with van der Waals surface area (Å²) in [7, 11) is 1.69. The number of carbonyl (C=O) groups excluding carboxylic acids is 2. The van der Waals surface area contributed by atoms with Crippen molar-refractivity contribution < 1.29 is 34.8 Å². The van der Waals surface area contributed by atoms with Gasteiger partial charge >= 0.3 is 5.97 Å². The molecule has 2 unspecified atom stereocenters. The first-order valence-corrected chi connectivity index (χ1v) is 10.5. The van der Waals surface area contributed by atoms with Crippen molar-refractivity contribution in [2.24, 2.45) is 11.8 Å². The van der Waals surface area contributed by atoms with Crippen molar-refractivity contribution in [2.45, 2.75) is 32.4 Å². The second-order valence-electron chi connectivity index (χ2n) is 8.53. The second kappa shape index (κ2) is 9.17. The van der Waals surface area contributed by atoms with E-state index in [0.717, 1.165) is 5.56 Å². The van der Waals surface area contributed by atoms with Crippen molar-refractivity contribution in [1.82, 2.24) is 15.1 Å². The van der Waals surface area contributed by atoms with E-state index in [1.54, 1.807) is 18.0 Å². The summed E-state index contributed by atoms with van der Waals surface area (Å²) < 4.78 is 0. The van der Waals surface area contributed by atoms with Gasteiger partial charge in [-0.05, 0) is 43.7 Å². The van der Waals surface area contributed by atoms with Gasteiger partial charge in [0.2, 0.25) is 11.8 Å². The van der Waals surface area contributed by atoms with Gasteiger partial charge in [-0.15, -0.1) is 0 Å². The molecule has 1 aromatic rings. The number of benzene rings is 1. The highest BCUT2D eigenvalue weighted by Crippen LogP contribution is 2.47. The molecule has 2 aliphatic heterocycles. The number of carboxylic acids is 1. The number of fused-ring (bicyclic) bond motifs is 1. The van der Waals surface area contributed by atoms with Gasteiger partial charge in [-0.2, -0.15) is 0 Å². The Balaban J connectivity index is 1.57. The minimum absolute atomic E-state index is 0.0302. The highest BCUT2D eigenvalue weighted by molar-refractivity contribution is 6.00. The summed E-state index contributed by atoms with van der Waals surface area (Å²) in [4.78, 5) is 39.5. The van der Waals surface area contributed by atoms with Crippen molar-refractivity contribution in [2.75, 3.05) is 26.7 Å². The fourth-order valence-electron chi connectivity index (χ4n) is 4.57. The molecule has 10 nitrogen and oxygen atoms in total. The smallest absolute Gasteiger partial charge is 0.352 e. The van der Waals surface area contributed by atoms with Crippen molar-refractivity contribution in [1.29, 1.82) is 0 Å². The van der Waals surface area contributed by atoms with Gasteiger partial charge in [0.25, 0.3) is 0 Å². The SMILES string of the molecule is CC(O)[C@H]1C(=O)N2C(C(=O)O)=C(CN(C)CC(=O)NCCc3ccc(O)c(O)c3)C(C)[C@H]12. The van der Waals surface area contributed by atoms with E-state index in [-0.39, 0.29) is 54.1 Å². The lowest BCUT2D eigenvalue weighted by Crippen LogP contribution is -2.63. The monoisotopic (exact) mass is 447 g/mol. The van der Waals surface area contributed by atoms with Crippen molar-refractivity contribution in [3.05, 3.63) is 35.0 Å². The van der Waals surface area contributed by atoms with Gasteiger partial charge in [-0.1, -0.05) is 13.0 Å². The molecule has 1 fully saturated rings. The van der Waals surface area contributed by atoms with Crippen molar-refractivity contribution in [3.63, 3.8) is 0 Å². The molecular weight excluding hydrogens is 418 g/mol. The van der Waals surface area contributed by atoms with Crippen LogP contribution in [0.4, 0.5) is 0 Å². The minimum atomic E-state index is -1.19. The van der Waals surface area contributed by atoms with Crippen LogP contribution < -0.4 is 5.32 Å². The number of nitrogens with one attached hydrogen (secondary N) is 1. The second-order valence-corrected chi connectivity index (χ2v) is 8.53. The maximum atomic E-state index is 12.4. The van der Waals surface area contributed by atoms with Crippen LogP contribution >= 0.6 is 0 Å². The van der Waals surface area contributed by atoms with E-state index in [0.29, 0.717) is 18.5 Å². The molecule has 4 atom stereocenters. The molecule has 1 saturated heterocycles. The van der Waals surface area contributed by atoms with Gasteiger partial charge in [0, 0.05) is 19.0 Å². The highest BCUT2D eigenvalue weighted by Gasteiger charge is 2.59. The van der Waals surface area contributed by atoms with Crippen molar-refractivity contribution >= 4 is 17.8 Å². The lowest BCUT2D eigenvalue weighted by molar-refractivity contribution is -0.163. The summed E-state index contributed by atoms with van der Waals surface area (Å²) in [6.07, 6.45) is -0.395. The number of hydrogen-bond donors (Lipinski definition) is 5. The molecule has 10 heteroatoms. The van der Waals surface area contributed by atoms with E-state index in [9.17, 15) is 34.8 Å². The number of aromatic hydroxyl groups is 2. The van der Waals surface area contributed by atoms with Gasteiger partial charge in [0.05, 0.1) is 24.6 Å². The van der Waals surface area contributed by atoms with Gasteiger partial charge in [-0.25, -0.2) is 4.79 Å². The maximum Gasteiger partial charge on any atom is 0.352 e. The number of rotatable bonds is 9. The Morgan fingerprint density at radius 1 is 1.25 bits per heavy atom. The van der Waals surface area contributed by atoms with E-state index in [4.69, 9.17) is 0 Å². The first-order valence-electron chi connectivity index (χ1n) is 10.5. The van der Waals surface area contributed by atoms with E-state index in [2.05, 4.69) is 5.32 Å². The summed E-state index contributed by atoms with van der Waals surface area (Å²) >= 11 is 0. The molecule has 5 N–H and O–H groups in total. The number of amides is 2. The van der Waals surface area contributed by atoms with Crippen LogP contribution in [0.5, 0.6) is 11.5 Å². The predicted molar refractivity (Wildman–Crippen MR) is 114 cm³/mol. The van der Waals surface area contributed by atoms with Crippen LogP contribution in [0.3, 0.4) is 0 Å². The Hall–Kier alpha value is -3.11. The molecular formula is C22H29N3O7. The van der Waals surface area contributed by atoms with Crippen LogP contribution in [-0.2, 0) is 20.8 Å². The number of carbonyl (C=O) groups is 3. The van der Waals surface area contributed by atoms with Crippen LogP contribution in [0.1, 0.15) is 19.4 Å². The zero-order chi connectivity index (χ0) is 23.7. The molecule has 2 aliphatic rings. The molecule has 0 aliphatic carbocycles. The Morgan fingerprint density at radius 2 is 1.94 bits per heavy atom. The Kier molecular flexibility index (Phi) is 6.75. The van der Waals surface area contributed by atoms with Crippen molar-refractivity contribution in [3.8, 4) is 11.5 Å². The predicted octanol–water partition coefficient (Wildman–Crippen LogP) is -0.115. The zero-order valence-electron chi connectivity index (χ0n) is 18.3. The molecule has 0 spiro atoms. The van der Waals surface area contributed by atoms with Gasteiger partial charge in [0.15, 0.2) is 11.5 Å². The number of carboxylic acid groups (broad SMARTS) is 1. The first kappa shape index (κ1) is 23.6. The number of phenols is 2. The van der Waals surface area contributed by atoms with E-state index in [1.807, 2.05) is 6.92 Å². The average Bonchev–Trinajstić information content (AvgIpc) is 2.93. The topological polar surface area (TPSA) is 151 Å². The number of β-lactam (4-membered cyclic amide) rings is 1. The molecule has 0 saturated carbocycles. The quantitative estimate of drug-likeness (QED) is 0.260. The molecule has 0 radical (unpaired) electrons. The fourth-order valence-corrected chi connectivity index (χ4v) is 4.57. The third-order valence-corrected chi connectivity index (χ3v) is 6.15. The molecule has 1 aromatic carbocycles. The lowest BCUT2D eigenvalue weighted by atomic mass is 9.77. The molecule has 174 valence electrons. The largest absolute Gasteiger partial charge is 0.504 e. The average molecular weight is 447 g/mol. The molecule has 2 heterocycles. The van der Waals surface area contributed by atoms with Crippen LogP contribution in [0.15, 0.2) is 29.5 Å². The summed E-state index contributed by atoms with van der Waals surface area (Å²) in [5, 5.41) is 41.2. The molecule has 32 heavy (non-hydrogen) atoms. The Bertz CT molecular complexity index is 959. The van der Waals surface area contributed by atoms with E-state index >= 15 is 0 Å². The summed E-state index contributed by atoms with van der Waals surface area (Å²) in [6, 6.07) is 4.08. The minimum Gasteiger partial charge on any atom is -0.504 e. The van der Waals surface area contributed by atoms with Crippen LogP contribution in [0.2, 0.25) is 0 Å². The number of nitrogens with zero attached hydrogens (tertiary/aromatic N) is 2. The number of phenolic OH excluding ortho intramolecular Hbond substituents is 2. The zero-order valence-corrected chi connectivity index (χ0v) is 18.3. The highest BCUT2D eigenvalue weighted by atomic mass is 16.4. The van der Waals surface area contributed by atoms with Crippen LogP contribution in [-0.4, -0.2) is 86.8 Å². The molecule has 0 bridgehead atoms. The summed E-state index contributed by atoms with van der Waals surface area (Å²) in [6.45, 7) is 3.93. The standard InChI is InChI=1S/C22H29N3O7/c1-11-14(20(22(31)32)25-19(11)18(12(2)26)21(25)30)9-24(3)10-17(29)23-7-6-13-4-5-15(27)16(28)8-13/h4-5,8,11-12,18-19,26-28H,6-7,9-10H2,1-3H3,(H,23,29)(H,31,32)/t11?,12?,18-,19-/m1/s1. The fraction of sp³-hybridized carbons (Fsp3) is 0.500. The van der Waals surface area contributed by atoms with E-state index < -0.39 is 18.0 Å². The molecule has 2 amide bonds. The maximum absolute atomic E-state index is 12.4. The third kappa shape index (κ3) is 4.42. The number of aliphatic hydroxyl groups excluding tert-OH is 1.